The summed E-state index contributed by atoms with van der Waals surface area (Å²) < 4.78 is 11.7. The number of H-pyrrole nitrogens is 1. The second kappa shape index (κ2) is 9.86. The highest BCUT2D eigenvalue weighted by molar-refractivity contribution is 6.11. The van der Waals surface area contributed by atoms with Crippen molar-refractivity contribution in [2.75, 3.05) is 37.4 Å². The summed E-state index contributed by atoms with van der Waals surface area (Å²) in [5.41, 5.74) is 3.82. The third kappa shape index (κ3) is 4.68. The SMILES string of the molecule is CCn1nc(C)cc1C(=O)Nc1[nH]c2cc(C(=O)OC)cc3c2c1NCCOC(=O)NCCC3. The van der Waals surface area contributed by atoms with E-state index in [1.807, 2.05) is 13.8 Å². The minimum atomic E-state index is -0.484. The number of nitrogens with zero attached hydrogens (tertiary/aromatic N) is 2. The minimum absolute atomic E-state index is 0.142. The van der Waals surface area contributed by atoms with Crippen LogP contribution in [0.25, 0.3) is 10.9 Å². The first-order chi connectivity index (χ1) is 16.4. The number of methoxy groups -OCH3 is 1. The Morgan fingerprint density at radius 2 is 2.06 bits per heavy atom. The lowest BCUT2D eigenvalue weighted by atomic mass is 10.0. The number of amides is 2. The highest BCUT2D eigenvalue weighted by atomic mass is 16.5. The lowest BCUT2D eigenvalue weighted by Crippen LogP contribution is -2.28. The number of alkyl carbamates (subject to hydrolysis) is 1. The Kier molecular flexibility index (Phi) is 6.71. The summed E-state index contributed by atoms with van der Waals surface area (Å²) in [5, 5.41) is 14.1. The molecule has 0 atom stereocenters. The number of hydrogen-bond acceptors (Lipinski definition) is 7. The fraction of sp³-hybridized carbons (Fsp3) is 0.391. The van der Waals surface area contributed by atoms with Gasteiger partial charge in [0.15, 0.2) is 0 Å². The Balaban J connectivity index is 1.79. The van der Waals surface area contributed by atoms with Gasteiger partial charge >= 0.3 is 12.1 Å². The molecule has 3 aromatic rings. The van der Waals surface area contributed by atoms with Gasteiger partial charge in [0.05, 0.1) is 29.6 Å². The number of carbonyl (C=O) groups excluding carboxylic acids is 3. The van der Waals surface area contributed by atoms with Gasteiger partial charge in [-0.25, -0.2) is 9.59 Å². The number of cyclic esters (lactones) is 1. The monoisotopic (exact) mass is 468 g/mol. The number of ether oxygens (including phenoxy) is 2. The summed E-state index contributed by atoms with van der Waals surface area (Å²) in [5.74, 6) is -0.321. The third-order valence-electron chi connectivity index (χ3n) is 5.60. The van der Waals surface area contributed by atoms with Crippen molar-refractivity contribution in [3.63, 3.8) is 0 Å². The van der Waals surface area contributed by atoms with Gasteiger partial charge in [-0.1, -0.05) is 0 Å². The maximum Gasteiger partial charge on any atom is 0.407 e. The van der Waals surface area contributed by atoms with Gasteiger partial charge in [-0.05, 0) is 50.5 Å². The smallest absolute Gasteiger partial charge is 0.407 e. The zero-order valence-corrected chi connectivity index (χ0v) is 19.4. The number of rotatable bonds is 4. The topological polar surface area (TPSA) is 139 Å². The first-order valence-electron chi connectivity index (χ1n) is 11.2. The van der Waals surface area contributed by atoms with Crippen LogP contribution in [0.1, 0.15) is 45.4 Å². The Bertz CT molecular complexity index is 1240. The molecule has 0 fully saturated rings. The molecule has 34 heavy (non-hydrogen) atoms. The van der Waals surface area contributed by atoms with Gasteiger partial charge in [-0.3, -0.25) is 9.48 Å². The van der Waals surface area contributed by atoms with E-state index in [2.05, 4.69) is 26.0 Å². The van der Waals surface area contributed by atoms with Crippen molar-refractivity contribution in [3.8, 4) is 0 Å². The number of nitrogens with one attached hydrogen (secondary N) is 4. The van der Waals surface area contributed by atoms with E-state index in [9.17, 15) is 14.4 Å². The maximum atomic E-state index is 13.1. The van der Waals surface area contributed by atoms with E-state index >= 15 is 0 Å². The molecule has 0 saturated heterocycles. The molecule has 2 amide bonds. The standard InChI is InChI=1S/C23H28N6O5/c1-4-29-17(10-13(2)28-29)21(30)27-20-19-18-14(6-5-7-25-23(32)34-9-8-24-19)11-15(22(31)33-3)12-16(18)26-20/h10-12,24,26H,4-9H2,1-3H3,(H,25,32)(H,27,30). The summed E-state index contributed by atoms with van der Waals surface area (Å²) in [6, 6.07) is 5.22. The Labute approximate surface area is 196 Å². The molecule has 0 unspecified atom stereocenters. The van der Waals surface area contributed by atoms with Crippen molar-refractivity contribution in [2.24, 2.45) is 0 Å². The molecule has 0 radical (unpaired) electrons. The molecule has 4 rings (SSSR count). The summed E-state index contributed by atoms with van der Waals surface area (Å²) >= 11 is 0. The molecule has 1 aliphatic rings. The van der Waals surface area contributed by atoms with Crippen molar-refractivity contribution in [1.82, 2.24) is 20.1 Å². The molecular formula is C23H28N6O5. The van der Waals surface area contributed by atoms with Crippen molar-refractivity contribution in [3.05, 3.63) is 40.7 Å². The summed E-state index contributed by atoms with van der Waals surface area (Å²) in [6.07, 6.45) is 0.737. The van der Waals surface area contributed by atoms with Gasteiger partial charge in [0.25, 0.3) is 5.91 Å². The Morgan fingerprint density at radius 1 is 1.24 bits per heavy atom. The lowest BCUT2D eigenvalue weighted by Gasteiger charge is -2.14. The zero-order valence-electron chi connectivity index (χ0n) is 19.4. The van der Waals surface area contributed by atoms with Crippen LogP contribution in [0.5, 0.6) is 0 Å². The number of carbonyl (C=O) groups is 3. The van der Waals surface area contributed by atoms with Crippen LogP contribution in [-0.4, -0.2) is 59.5 Å². The molecule has 11 nitrogen and oxygen atoms in total. The number of aromatic amines is 1. The largest absolute Gasteiger partial charge is 0.465 e. The van der Waals surface area contributed by atoms with Gasteiger partial charge < -0.3 is 30.4 Å². The number of anilines is 2. The van der Waals surface area contributed by atoms with Crippen molar-refractivity contribution >= 4 is 40.4 Å². The average molecular weight is 469 g/mol. The fourth-order valence-electron chi connectivity index (χ4n) is 4.11. The van der Waals surface area contributed by atoms with Crippen LogP contribution in [0, 0.1) is 6.92 Å². The van der Waals surface area contributed by atoms with E-state index in [4.69, 9.17) is 9.47 Å². The summed E-state index contributed by atoms with van der Waals surface area (Å²) in [4.78, 5) is 40.5. The first kappa shape index (κ1) is 23.1. The Hall–Kier alpha value is -4.02. The maximum absolute atomic E-state index is 13.1. The number of esters is 1. The van der Waals surface area contributed by atoms with Crippen LogP contribution < -0.4 is 16.0 Å². The van der Waals surface area contributed by atoms with E-state index in [1.165, 1.54) is 7.11 Å². The minimum Gasteiger partial charge on any atom is -0.465 e. The molecule has 1 aromatic carbocycles. The quantitative estimate of drug-likeness (QED) is 0.432. The lowest BCUT2D eigenvalue weighted by molar-refractivity contribution is 0.0600. The van der Waals surface area contributed by atoms with Gasteiger partial charge in [0, 0.05) is 25.0 Å². The molecule has 0 saturated carbocycles. The predicted molar refractivity (Wildman–Crippen MR) is 126 cm³/mol. The van der Waals surface area contributed by atoms with Crippen molar-refractivity contribution < 1.29 is 23.9 Å². The van der Waals surface area contributed by atoms with E-state index in [-0.39, 0.29) is 12.5 Å². The summed E-state index contributed by atoms with van der Waals surface area (Å²) in [6.45, 7) is 5.21. The Morgan fingerprint density at radius 3 is 2.82 bits per heavy atom. The number of hydrogen-bond donors (Lipinski definition) is 4. The van der Waals surface area contributed by atoms with Crippen LogP contribution in [-0.2, 0) is 22.4 Å². The second-order valence-electron chi connectivity index (χ2n) is 7.96. The second-order valence-corrected chi connectivity index (χ2v) is 7.96. The van der Waals surface area contributed by atoms with E-state index in [0.29, 0.717) is 60.8 Å². The van der Waals surface area contributed by atoms with Crippen LogP contribution >= 0.6 is 0 Å². The van der Waals surface area contributed by atoms with E-state index in [0.717, 1.165) is 16.6 Å². The third-order valence-corrected chi connectivity index (χ3v) is 5.60. The van der Waals surface area contributed by atoms with Gasteiger partial charge in [0.2, 0.25) is 0 Å². The first-order valence-corrected chi connectivity index (χ1v) is 11.2. The molecule has 180 valence electrons. The summed E-state index contributed by atoms with van der Waals surface area (Å²) in [7, 11) is 1.33. The van der Waals surface area contributed by atoms with Gasteiger partial charge in [0.1, 0.15) is 18.1 Å². The van der Waals surface area contributed by atoms with Crippen LogP contribution in [0.15, 0.2) is 18.2 Å². The molecule has 1 aliphatic heterocycles. The molecule has 0 bridgehead atoms. The van der Waals surface area contributed by atoms with Crippen LogP contribution in [0.3, 0.4) is 0 Å². The van der Waals surface area contributed by atoms with Crippen molar-refractivity contribution in [1.29, 1.82) is 0 Å². The van der Waals surface area contributed by atoms with Crippen molar-refractivity contribution in [2.45, 2.75) is 33.2 Å². The van der Waals surface area contributed by atoms with E-state index in [1.54, 1.807) is 22.9 Å². The normalized spacial score (nSPS) is 14.3. The number of aryl methyl sites for hydroxylation is 3. The molecular weight excluding hydrogens is 440 g/mol. The zero-order chi connectivity index (χ0) is 24.2. The highest BCUT2D eigenvalue weighted by Crippen LogP contribution is 2.36. The number of aromatic nitrogens is 3. The van der Waals surface area contributed by atoms with Gasteiger partial charge in [-0.15, -0.1) is 0 Å². The van der Waals surface area contributed by atoms with Gasteiger partial charge in [-0.2, -0.15) is 5.10 Å². The highest BCUT2D eigenvalue weighted by Gasteiger charge is 2.22. The predicted octanol–water partition coefficient (Wildman–Crippen LogP) is 2.82. The molecule has 3 heterocycles. The number of benzene rings is 1. The fourth-order valence-corrected chi connectivity index (χ4v) is 4.11. The van der Waals surface area contributed by atoms with Crippen LogP contribution in [0.2, 0.25) is 0 Å². The average Bonchev–Trinajstić information content (AvgIpc) is 3.37. The molecule has 4 N–H and O–H groups in total. The molecule has 0 aliphatic carbocycles. The molecule has 0 spiro atoms. The van der Waals surface area contributed by atoms with Crippen LogP contribution in [0.4, 0.5) is 16.3 Å². The molecule has 11 heteroatoms. The van der Waals surface area contributed by atoms with E-state index < -0.39 is 12.1 Å². The molecule has 2 aromatic heterocycles.